The molecule has 0 aliphatic heterocycles. The van der Waals surface area contributed by atoms with Crippen LogP contribution >= 0.6 is 11.8 Å². The van der Waals surface area contributed by atoms with Gasteiger partial charge in [0.2, 0.25) is 0 Å². The first kappa shape index (κ1) is 14.2. The highest BCUT2D eigenvalue weighted by atomic mass is 32.2. The second-order valence-electron chi connectivity index (χ2n) is 4.17. The summed E-state index contributed by atoms with van der Waals surface area (Å²) in [5, 5.41) is 0. The van der Waals surface area contributed by atoms with Crippen molar-refractivity contribution in [1.82, 2.24) is 4.90 Å². The average molecular weight is 254 g/mol. The van der Waals surface area contributed by atoms with Gasteiger partial charge >= 0.3 is 0 Å². The van der Waals surface area contributed by atoms with Crippen molar-refractivity contribution in [2.75, 3.05) is 37.9 Å². The van der Waals surface area contributed by atoms with E-state index in [9.17, 15) is 0 Å². The van der Waals surface area contributed by atoms with Crippen LogP contribution in [-0.2, 0) is 0 Å². The number of nitrogen functional groups attached to an aromatic ring is 1. The lowest BCUT2D eigenvalue weighted by atomic mass is 10.3. The molecule has 1 unspecified atom stereocenters. The summed E-state index contributed by atoms with van der Waals surface area (Å²) in [7, 11) is 2.12. The third-order valence-corrected chi connectivity index (χ3v) is 3.60. The van der Waals surface area contributed by atoms with Crippen molar-refractivity contribution in [3.05, 3.63) is 24.3 Å². The molecule has 0 aromatic heterocycles. The monoisotopic (exact) mass is 254 g/mol. The summed E-state index contributed by atoms with van der Waals surface area (Å²) < 4.78 is 5.66. The Morgan fingerprint density at radius 2 is 2.12 bits per heavy atom. The number of para-hydroxylation sites is 2. The molecule has 17 heavy (non-hydrogen) atoms. The van der Waals surface area contributed by atoms with Gasteiger partial charge in [0.05, 0.1) is 5.69 Å². The van der Waals surface area contributed by atoms with Crippen molar-refractivity contribution < 1.29 is 4.74 Å². The van der Waals surface area contributed by atoms with Gasteiger partial charge in [0.1, 0.15) is 12.4 Å². The molecule has 0 heterocycles. The molecule has 0 bridgehead atoms. The first-order valence-corrected chi connectivity index (χ1v) is 7.21. The lowest BCUT2D eigenvalue weighted by Crippen LogP contribution is -2.34. The lowest BCUT2D eigenvalue weighted by molar-refractivity contribution is 0.211. The quantitative estimate of drug-likeness (QED) is 0.758. The van der Waals surface area contributed by atoms with Crippen molar-refractivity contribution in [2.24, 2.45) is 0 Å². The Bertz CT molecular complexity index is 333. The zero-order chi connectivity index (χ0) is 12.7. The fourth-order valence-electron chi connectivity index (χ4n) is 1.50. The van der Waals surface area contributed by atoms with Gasteiger partial charge in [-0.2, -0.15) is 11.8 Å². The SMILES string of the molecule is CSCC(C)N(C)CCOc1ccccc1N. The van der Waals surface area contributed by atoms with Crippen LogP contribution in [0.3, 0.4) is 0 Å². The molecule has 1 rings (SSSR count). The van der Waals surface area contributed by atoms with E-state index >= 15 is 0 Å². The van der Waals surface area contributed by atoms with Crippen molar-refractivity contribution in [1.29, 1.82) is 0 Å². The van der Waals surface area contributed by atoms with E-state index in [4.69, 9.17) is 10.5 Å². The highest BCUT2D eigenvalue weighted by molar-refractivity contribution is 7.98. The van der Waals surface area contributed by atoms with Crippen molar-refractivity contribution in [2.45, 2.75) is 13.0 Å². The van der Waals surface area contributed by atoms with E-state index < -0.39 is 0 Å². The number of anilines is 1. The summed E-state index contributed by atoms with van der Waals surface area (Å²) in [6, 6.07) is 8.18. The number of nitrogens with zero attached hydrogens (tertiary/aromatic N) is 1. The zero-order valence-electron chi connectivity index (χ0n) is 10.8. The molecule has 0 radical (unpaired) electrons. The molecule has 0 aliphatic rings. The first-order chi connectivity index (χ1) is 8.15. The summed E-state index contributed by atoms with van der Waals surface area (Å²) >= 11 is 1.87. The maximum absolute atomic E-state index is 5.80. The van der Waals surface area contributed by atoms with Gasteiger partial charge in [0.25, 0.3) is 0 Å². The molecule has 4 heteroatoms. The van der Waals surface area contributed by atoms with Gasteiger partial charge in [-0.3, -0.25) is 4.90 Å². The van der Waals surface area contributed by atoms with E-state index in [1.165, 1.54) is 0 Å². The number of benzene rings is 1. The number of hydrogen-bond acceptors (Lipinski definition) is 4. The molecule has 2 N–H and O–H groups in total. The Kier molecular flexibility index (Phi) is 6.22. The summed E-state index contributed by atoms with van der Waals surface area (Å²) in [5.74, 6) is 1.92. The zero-order valence-corrected chi connectivity index (χ0v) is 11.7. The van der Waals surface area contributed by atoms with Crippen molar-refractivity contribution >= 4 is 17.4 Å². The Hall–Kier alpha value is -0.870. The Morgan fingerprint density at radius 3 is 2.76 bits per heavy atom. The normalized spacial score (nSPS) is 12.7. The topological polar surface area (TPSA) is 38.5 Å². The molecular formula is C13H22N2OS. The van der Waals surface area contributed by atoms with Gasteiger partial charge in [0.15, 0.2) is 0 Å². The van der Waals surface area contributed by atoms with E-state index in [-0.39, 0.29) is 0 Å². The molecule has 0 spiro atoms. The van der Waals surface area contributed by atoms with Crippen LogP contribution in [0, 0.1) is 0 Å². The number of ether oxygens (including phenoxy) is 1. The molecule has 1 aromatic rings. The second kappa shape index (κ2) is 7.45. The number of rotatable bonds is 7. The fraction of sp³-hybridized carbons (Fsp3) is 0.538. The van der Waals surface area contributed by atoms with E-state index in [0.717, 1.165) is 18.0 Å². The molecule has 0 saturated heterocycles. The predicted molar refractivity (Wildman–Crippen MR) is 76.8 cm³/mol. The largest absolute Gasteiger partial charge is 0.490 e. The molecule has 0 saturated carbocycles. The molecule has 96 valence electrons. The van der Waals surface area contributed by atoms with Gasteiger partial charge in [0, 0.05) is 18.3 Å². The lowest BCUT2D eigenvalue weighted by Gasteiger charge is -2.24. The van der Waals surface area contributed by atoms with Crippen LogP contribution in [-0.4, -0.2) is 43.1 Å². The minimum Gasteiger partial charge on any atom is -0.490 e. The van der Waals surface area contributed by atoms with Crippen molar-refractivity contribution in [3.8, 4) is 5.75 Å². The summed E-state index contributed by atoms with van der Waals surface area (Å²) in [4.78, 5) is 2.30. The maximum atomic E-state index is 5.80. The van der Waals surface area contributed by atoms with Gasteiger partial charge < -0.3 is 10.5 Å². The molecular weight excluding hydrogens is 232 g/mol. The summed E-state index contributed by atoms with van der Waals surface area (Å²) in [5.41, 5.74) is 6.50. The molecule has 0 amide bonds. The minimum atomic E-state index is 0.571. The van der Waals surface area contributed by atoms with Gasteiger partial charge in [-0.1, -0.05) is 12.1 Å². The van der Waals surface area contributed by atoms with Crippen LogP contribution in [0.2, 0.25) is 0 Å². The Morgan fingerprint density at radius 1 is 1.41 bits per heavy atom. The summed E-state index contributed by atoms with van der Waals surface area (Å²) in [6.07, 6.45) is 2.13. The fourth-order valence-corrected chi connectivity index (χ4v) is 2.24. The molecule has 1 atom stereocenters. The first-order valence-electron chi connectivity index (χ1n) is 5.81. The third-order valence-electron chi connectivity index (χ3n) is 2.78. The smallest absolute Gasteiger partial charge is 0.142 e. The minimum absolute atomic E-state index is 0.571. The molecule has 0 fully saturated rings. The molecule has 0 aliphatic carbocycles. The highest BCUT2D eigenvalue weighted by Crippen LogP contribution is 2.19. The van der Waals surface area contributed by atoms with Gasteiger partial charge in [-0.05, 0) is 32.4 Å². The standard InChI is InChI=1S/C13H22N2OS/c1-11(10-17-3)15(2)8-9-16-13-7-5-4-6-12(13)14/h4-7,11H,8-10,14H2,1-3H3. The third kappa shape index (κ3) is 4.88. The van der Waals surface area contributed by atoms with Crippen LogP contribution in [0.15, 0.2) is 24.3 Å². The molecule has 3 nitrogen and oxygen atoms in total. The van der Waals surface area contributed by atoms with Gasteiger partial charge in [-0.15, -0.1) is 0 Å². The van der Waals surface area contributed by atoms with Crippen LogP contribution in [0.4, 0.5) is 5.69 Å². The Balaban J connectivity index is 2.30. The predicted octanol–water partition coefficient (Wildman–Crippen LogP) is 2.33. The highest BCUT2D eigenvalue weighted by Gasteiger charge is 2.08. The Labute approximate surface area is 108 Å². The number of nitrogens with two attached hydrogens (primary N) is 1. The number of hydrogen-bond donors (Lipinski definition) is 1. The number of thioether (sulfide) groups is 1. The second-order valence-corrected chi connectivity index (χ2v) is 5.08. The average Bonchev–Trinajstić information content (AvgIpc) is 2.31. The van der Waals surface area contributed by atoms with E-state index in [2.05, 4.69) is 25.1 Å². The summed E-state index contributed by atoms with van der Waals surface area (Å²) in [6.45, 7) is 3.81. The number of likely N-dealkylation sites (N-methyl/N-ethyl adjacent to an activating group) is 1. The van der Waals surface area contributed by atoms with Crippen LogP contribution in [0.25, 0.3) is 0 Å². The van der Waals surface area contributed by atoms with Gasteiger partial charge in [-0.25, -0.2) is 0 Å². The van der Waals surface area contributed by atoms with E-state index in [1.807, 2.05) is 36.0 Å². The van der Waals surface area contributed by atoms with Crippen LogP contribution in [0.1, 0.15) is 6.92 Å². The van der Waals surface area contributed by atoms with Crippen LogP contribution in [0.5, 0.6) is 5.75 Å². The van der Waals surface area contributed by atoms with Crippen LogP contribution < -0.4 is 10.5 Å². The van der Waals surface area contributed by atoms with E-state index in [0.29, 0.717) is 18.3 Å². The maximum Gasteiger partial charge on any atom is 0.142 e. The molecule has 1 aromatic carbocycles. The van der Waals surface area contributed by atoms with E-state index in [1.54, 1.807) is 0 Å². The van der Waals surface area contributed by atoms with Crippen molar-refractivity contribution in [3.63, 3.8) is 0 Å².